The Labute approximate surface area is 118 Å². The highest BCUT2D eigenvalue weighted by atomic mass is 35.5. The molecule has 2 rings (SSSR count). The Morgan fingerprint density at radius 3 is 2.63 bits per heavy atom. The van der Waals surface area contributed by atoms with Crippen molar-refractivity contribution < 1.29 is 4.74 Å². The van der Waals surface area contributed by atoms with E-state index in [2.05, 4.69) is 4.90 Å². The molecule has 0 aliphatic heterocycles. The van der Waals surface area contributed by atoms with Crippen molar-refractivity contribution in [1.82, 2.24) is 0 Å². The van der Waals surface area contributed by atoms with Crippen LogP contribution in [0.2, 0.25) is 5.02 Å². The largest absolute Gasteiger partial charge is 0.496 e. The third kappa shape index (κ3) is 3.12. The van der Waals surface area contributed by atoms with Gasteiger partial charge in [0.25, 0.3) is 0 Å². The van der Waals surface area contributed by atoms with Crippen molar-refractivity contribution in [2.24, 2.45) is 0 Å². The van der Waals surface area contributed by atoms with Crippen LogP contribution in [0.4, 0.5) is 11.4 Å². The Balaban J connectivity index is 2.23. The van der Waals surface area contributed by atoms with Crippen LogP contribution in [-0.2, 0) is 6.54 Å². The predicted molar refractivity (Wildman–Crippen MR) is 81.0 cm³/mol. The van der Waals surface area contributed by atoms with Gasteiger partial charge in [-0.2, -0.15) is 0 Å². The number of anilines is 2. The van der Waals surface area contributed by atoms with Gasteiger partial charge in [-0.15, -0.1) is 0 Å². The first-order valence-corrected chi connectivity index (χ1v) is 6.37. The zero-order valence-corrected chi connectivity index (χ0v) is 11.8. The second-order valence-corrected chi connectivity index (χ2v) is 4.79. The van der Waals surface area contributed by atoms with E-state index in [1.807, 2.05) is 43.4 Å². The average molecular weight is 277 g/mol. The highest BCUT2D eigenvalue weighted by molar-refractivity contribution is 6.33. The molecule has 19 heavy (non-hydrogen) atoms. The summed E-state index contributed by atoms with van der Waals surface area (Å²) < 4.78 is 5.35. The van der Waals surface area contributed by atoms with E-state index in [1.54, 1.807) is 13.2 Å². The third-order valence-electron chi connectivity index (χ3n) is 2.98. The summed E-state index contributed by atoms with van der Waals surface area (Å²) in [5.41, 5.74) is 8.43. The van der Waals surface area contributed by atoms with Gasteiger partial charge in [0.2, 0.25) is 0 Å². The molecular weight excluding hydrogens is 260 g/mol. The molecule has 0 fully saturated rings. The summed E-state index contributed by atoms with van der Waals surface area (Å²) in [6, 6.07) is 13.5. The summed E-state index contributed by atoms with van der Waals surface area (Å²) in [6.45, 7) is 0.716. The molecule has 0 radical (unpaired) electrons. The zero-order chi connectivity index (χ0) is 13.8. The van der Waals surface area contributed by atoms with Crippen molar-refractivity contribution in [2.75, 3.05) is 24.8 Å². The van der Waals surface area contributed by atoms with E-state index in [1.165, 1.54) is 0 Å². The van der Waals surface area contributed by atoms with Gasteiger partial charge in [-0.3, -0.25) is 0 Å². The standard InChI is InChI=1S/C15H17ClN2O/c1-18(14-8-7-12(17)9-13(14)16)10-11-5-3-4-6-15(11)19-2/h3-9H,10,17H2,1-2H3. The minimum Gasteiger partial charge on any atom is -0.496 e. The summed E-state index contributed by atoms with van der Waals surface area (Å²) in [5, 5.41) is 0.650. The fourth-order valence-electron chi connectivity index (χ4n) is 2.01. The zero-order valence-electron chi connectivity index (χ0n) is 11.1. The molecule has 3 nitrogen and oxygen atoms in total. The number of benzene rings is 2. The molecule has 0 saturated carbocycles. The molecule has 0 aliphatic rings. The lowest BCUT2D eigenvalue weighted by molar-refractivity contribution is 0.409. The molecule has 2 aromatic rings. The molecule has 0 atom stereocenters. The molecular formula is C15H17ClN2O. The maximum absolute atomic E-state index is 6.21. The van der Waals surface area contributed by atoms with E-state index >= 15 is 0 Å². The molecule has 0 aromatic heterocycles. The number of nitrogens with zero attached hydrogens (tertiary/aromatic N) is 1. The maximum atomic E-state index is 6.21. The lowest BCUT2D eigenvalue weighted by atomic mass is 10.1. The quantitative estimate of drug-likeness (QED) is 0.868. The highest BCUT2D eigenvalue weighted by Gasteiger charge is 2.09. The molecule has 0 aliphatic carbocycles. The number of hydrogen-bond donors (Lipinski definition) is 1. The average Bonchev–Trinajstić information content (AvgIpc) is 2.39. The summed E-state index contributed by atoms with van der Waals surface area (Å²) in [7, 11) is 3.67. The van der Waals surface area contributed by atoms with Crippen LogP contribution in [0.25, 0.3) is 0 Å². The molecule has 0 bridgehead atoms. The highest BCUT2D eigenvalue weighted by Crippen LogP contribution is 2.29. The first kappa shape index (κ1) is 13.6. The van der Waals surface area contributed by atoms with Crippen molar-refractivity contribution in [3.05, 3.63) is 53.1 Å². The third-order valence-corrected chi connectivity index (χ3v) is 3.29. The summed E-state index contributed by atoms with van der Waals surface area (Å²) in [6.07, 6.45) is 0. The van der Waals surface area contributed by atoms with Gasteiger partial charge in [-0.25, -0.2) is 0 Å². The fraction of sp³-hybridized carbons (Fsp3) is 0.200. The molecule has 4 heteroatoms. The summed E-state index contributed by atoms with van der Waals surface area (Å²) in [5.74, 6) is 0.876. The van der Waals surface area contributed by atoms with Gasteiger partial charge in [0.05, 0.1) is 17.8 Å². The Kier molecular flexibility index (Phi) is 4.17. The van der Waals surface area contributed by atoms with Gasteiger partial charge in [-0.05, 0) is 24.3 Å². The van der Waals surface area contributed by atoms with Crippen LogP contribution in [0.15, 0.2) is 42.5 Å². The number of ether oxygens (including phenoxy) is 1. The SMILES string of the molecule is COc1ccccc1CN(C)c1ccc(N)cc1Cl. The molecule has 2 aromatic carbocycles. The van der Waals surface area contributed by atoms with Crippen LogP contribution in [0.5, 0.6) is 5.75 Å². The van der Waals surface area contributed by atoms with E-state index in [-0.39, 0.29) is 0 Å². The van der Waals surface area contributed by atoms with E-state index in [0.29, 0.717) is 17.3 Å². The Morgan fingerprint density at radius 1 is 1.21 bits per heavy atom. The van der Waals surface area contributed by atoms with Crippen molar-refractivity contribution >= 4 is 23.0 Å². The lowest BCUT2D eigenvalue weighted by Gasteiger charge is -2.22. The van der Waals surface area contributed by atoms with Crippen LogP contribution < -0.4 is 15.4 Å². The van der Waals surface area contributed by atoms with Crippen LogP contribution >= 0.6 is 11.6 Å². The number of nitrogens with two attached hydrogens (primary N) is 1. The number of para-hydroxylation sites is 1. The monoisotopic (exact) mass is 276 g/mol. The van der Waals surface area contributed by atoms with Crippen LogP contribution in [0, 0.1) is 0 Å². The normalized spacial score (nSPS) is 10.3. The van der Waals surface area contributed by atoms with Gasteiger partial charge in [0, 0.05) is 24.8 Å². The molecule has 100 valence electrons. The van der Waals surface area contributed by atoms with Gasteiger partial charge in [-0.1, -0.05) is 29.8 Å². The molecule has 2 N–H and O–H groups in total. The van der Waals surface area contributed by atoms with Gasteiger partial charge in [0.15, 0.2) is 0 Å². The number of methoxy groups -OCH3 is 1. The summed E-state index contributed by atoms with van der Waals surface area (Å²) in [4.78, 5) is 2.07. The Hall–Kier alpha value is -1.87. The minimum absolute atomic E-state index is 0.650. The van der Waals surface area contributed by atoms with Crippen LogP contribution in [-0.4, -0.2) is 14.2 Å². The minimum atomic E-state index is 0.650. The van der Waals surface area contributed by atoms with Crippen molar-refractivity contribution in [1.29, 1.82) is 0 Å². The van der Waals surface area contributed by atoms with Gasteiger partial charge < -0.3 is 15.4 Å². The van der Waals surface area contributed by atoms with Gasteiger partial charge >= 0.3 is 0 Å². The van der Waals surface area contributed by atoms with Crippen molar-refractivity contribution in [2.45, 2.75) is 6.54 Å². The number of nitrogen functional groups attached to an aromatic ring is 1. The second-order valence-electron chi connectivity index (χ2n) is 4.38. The first-order chi connectivity index (χ1) is 9.11. The van der Waals surface area contributed by atoms with E-state index in [9.17, 15) is 0 Å². The van der Waals surface area contributed by atoms with Crippen molar-refractivity contribution in [3.63, 3.8) is 0 Å². The second kappa shape index (κ2) is 5.85. The van der Waals surface area contributed by atoms with Crippen molar-refractivity contribution in [3.8, 4) is 5.75 Å². The molecule has 0 spiro atoms. The number of hydrogen-bond acceptors (Lipinski definition) is 3. The first-order valence-electron chi connectivity index (χ1n) is 6.00. The van der Waals surface area contributed by atoms with E-state index in [0.717, 1.165) is 17.0 Å². The summed E-state index contributed by atoms with van der Waals surface area (Å²) >= 11 is 6.21. The topological polar surface area (TPSA) is 38.5 Å². The predicted octanol–water partition coefficient (Wildman–Crippen LogP) is 3.57. The maximum Gasteiger partial charge on any atom is 0.123 e. The fourth-order valence-corrected chi connectivity index (χ4v) is 2.34. The van der Waals surface area contributed by atoms with Crippen LogP contribution in [0.3, 0.4) is 0 Å². The number of rotatable bonds is 4. The molecule has 0 amide bonds. The molecule has 0 unspecified atom stereocenters. The Morgan fingerprint density at radius 2 is 1.95 bits per heavy atom. The van der Waals surface area contributed by atoms with E-state index < -0.39 is 0 Å². The van der Waals surface area contributed by atoms with E-state index in [4.69, 9.17) is 22.1 Å². The molecule has 0 saturated heterocycles. The number of halogens is 1. The smallest absolute Gasteiger partial charge is 0.123 e. The molecule has 0 heterocycles. The van der Waals surface area contributed by atoms with Gasteiger partial charge in [0.1, 0.15) is 5.75 Å². The lowest BCUT2D eigenvalue weighted by Crippen LogP contribution is -2.17. The van der Waals surface area contributed by atoms with Crippen LogP contribution in [0.1, 0.15) is 5.56 Å². The Bertz CT molecular complexity index is 572.